The first-order valence-electron chi connectivity index (χ1n) is 10.8. The number of carbonyl (C=O) groups excluding carboxylic acids is 1. The summed E-state index contributed by atoms with van der Waals surface area (Å²) in [5.74, 6) is -1.08. The summed E-state index contributed by atoms with van der Waals surface area (Å²) in [5.41, 5.74) is 3.18. The smallest absolute Gasteiger partial charge is 0.341 e. The quantitative estimate of drug-likeness (QED) is 0.732. The Kier molecular flexibility index (Phi) is 5.47. The number of rotatable bonds is 4. The summed E-state index contributed by atoms with van der Waals surface area (Å²) < 4.78 is 1.89. The Morgan fingerprint density at radius 1 is 1.10 bits per heavy atom. The molecule has 7 nitrogen and oxygen atoms in total. The predicted octanol–water partition coefficient (Wildman–Crippen LogP) is 3.13. The molecule has 2 aromatic rings. The van der Waals surface area contributed by atoms with Crippen molar-refractivity contribution in [3.63, 3.8) is 0 Å². The number of nitrogens with zero attached hydrogens (tertiary/aromatic N) is 2. The van der Waals surface area contributed by atoms with Crippen LogP contribution in [0, 0.1) is 5.92 Å². The monoisotopic (exact) mass is 424 g/mol. The first kappa shape index (κ1) is 21.3. The van der Waals surface area contributed by atoms with Gasteiger partial charge in [0, 0.05) is 48.2 Å². The minimum atomic E-state index is -1.24. The van der Waals surface area contributed by atoms with Crippen molar-refractivity contribution in [2.75, 3.05) is 18.0 Å². The second-order valence-electron chi connectivity index (χ2n) is 8.97. The highest BCUT2D eigenvalue weighted by molar-refractivity contribution is 6.01. The van der Waals surface area contributed by atoms with Gasteiger partial charge in [0.2, 0.25) is 0 Å². The van der Waals surface area contributed by atoms with Gasteiger partial charge in [-0.1, -0.05) is 13.8 Å². The maximum absolute atomic E-state index is 12.5. The average Bonchev–Trinajstić information content (AvgIpc) is 2.72. The summed E-state index contributed by atoms with van der Waals surface area (Å²) in [6, 6.07) is 5.29. The first-order chi connectivity index (χ1) is 14.7. The van der Waals surface area contributed by atoms with E-state index in [1.165, 1.54) is 19.2 Å². The van der Waals surface area contributed by atoms with E-state index in [0.717, 1.165) is 16.8 Å². The van der Waals surface area contributed by atoms with Crippen LogP contribution < -0.4 is 10.3 Å². The molecular formula is C24H28N2O5. The van der Waals surface area contributed by atoms with Gasteiger partial charge < -0.3 is 19.7 Å². The third kappa shape index (κ3) is 3.78. The molecule has 31 heavy (non-hydrogen) atoms. The third-order valence-corrected chi connectivity index (χ3v) is 6.55. The lowest BCUT2D eigenvalue weighted by Crippen LogP contribution is -2.37. The predicted molar refractivity (Wildman–Crippen MR) is 118 cm³/mol. The Hall–Kier alpha value is -2.93. The minimum absolute atomic E-state index is 0.000376. The van der Waals surface area contributed by atoms with Crippen molar-refractivity contribution >= 4 is 17.4 Å². The SMILES string of the molecule is CC(=O)c1cc2c(cc1N1CCC(O)CC1)CC(C(C)C)n1cc(C(=O)O)c(=O)cc1-2. The number of benzene rings is 1. The zero-order chi connectivity index (χ0) is 22.4. The second-order valence-corrected chi connectivity index (χ2v) is 8.97. The molecule has 1 saturated heterocycles. The third-order valence-electron chi connectivity index (χ3n) is 6.55. The Labute approximate surface area is 180 Å². The van der Waals surface area contributed by atoms with Gasteiger partial charge >= 0.3 is 5.97 Å². The molecular weight excluding hydrogens is 396 g/mol. The topological polar surface area (TPSA) is 99.8 Å². The van der Waals surface area contributed by atoms with Crippen molar-refractivity contribution in [1.82, 2.24) is 4.57 Å². The standard InChI is InChI=1S/C24H28N2O5/c1-13(2)20-8-15-9-21(25-6-4-16(28)5-7-25)17(14(3)27)10-18(15)22-11-23(29)19(24(30)31)12-26(20)22/h9-13,16,20,28H,4-8H2,1-3H3,(H,30,31). The van der Waals surface area contributed by atoms with Crippen molar-refractivity contribution in [3.8, 4) is 11.3 Å². The number of hydrogen-bond acceptors (Lipinski definition) is 5. The molecule has 0 amide bonds. The summed E-state index contributed by atoms with van der Waals surface area (Å²) in [4.78, 5) is 38.7. The van der Waals surface area contributed by atoms with E-state index in [2.05, 4.69) is 24.8 Å². The van der Waals surface area contributed by atoms with Crippen molar-refractivity contribution in [2.24, 2.45) is 5.92 Å². The molecule has 164 valence electrons. The van der Waals surface area contributed by atoms with E-state index in [1.54, 1.807) is 0 Å². The van der Waals surface area contributed by atoms with Crippen molar-refractivity contribution < 1.29 is 19.8 Å². The highest BCUT2D eigenvalue weighted by Gasteiger charge is 2.30. The van der Waals surface area contributed by atoms with E-state index >= 15 is 0 Å². The fourth-order valence-electron chi connectivity index (χ4n) is 4.77. The number of anilines is 1. The van der Waals surface area contributed by atoms with Crippen LogP contribution in [0.3, 0.4) is 0 Å². The maximum Gasteiger partial charge on any atom is 0.341 e. The van der Waals surface area contributed by atoms with Crippen LogP contribution in [0.2, 0.25) is 0 Å². The molecule has 1 aromatic carbocycles. The summed E-state index contributed by atoms with van der Waals surface area (Å²) in [5, 5.41) is 19.3. The molecule has 0 radical (unpaired) electrons. The molecule has 1 unspecified atom stereocenters. The normalized spacial score (nSPS) is 18.6. The highest BCUT2D eigenvalue weighted by Crippen LogP contribution is 2.41. The maximum atomic E-state index is 12.5. The summed E-state index contributed by atoms with van der Waals surface area (Å²) >= 11 is 0. The number of aromatic nitrogens is 1. The molecule has 0 bridgehead atoms. The Bertz CT molecular complexity index is 1110. The lowest BCUT2D eigenvalue weighted by Gasteiger charge is -2.36. The fraction of sp³-hybridized carbons (Fsp3) is 0.458. The van der Waals surface area contributed by atoms with Crippen LogP contribution in [0.15, 0.2) is 29.2 Å². The number of carboxylic acid groups (broad SMARTS) is 1. The van der Waals surface area contributed by atoms with Crippen LogP contribution in [-0.2, 0) is 6.42 Å². The van der Waals surface area contributed by atoms with Gasteiger partial charge in [-0.2, -0.15) is 0 Å². The molecule has 0 spiro atoms. The molecule has 4 rings (SSSR count). The zero-order valence-electron chi connectivity index (χ0n) is 18.1. The number of Topliss-reactive ketones (excluding diaryl/α,β-unsaturated/α-hetero) is 1. The molecule has 1 atom stereocenters. The fourth-order valence-corrected chi connectivity index (χ4v) is 4.77. The summed E-state index contributed by atoms with van der Waals surface area (Å²) in [7, 11) is 0. The van der Waals surface area contributed by atoms with Gasteiger partial charge in [-0.15, -0.1) is 0 Å². The number of aliphatic hydroxyl groups excluding tert-OH is 1. The number of pyridine rings is 1. The van der Waals surface area contributed by atoms with Gasteiger partial charge in [0.15, 0.2) is 11.2 Å². The minimum Gasteiger partial charge on any atom is -0.477 e. The van der Waals surface area contributed by atoms with Crippen LogP contribution in [0.4, 0.5) is 5.69 Å². The van der Waals surface area contributed by atoms with Gasteiger partial charge in [0.05, 0.1) is 11.8 Å². The first-order valence-corrected chi connectivity index (χ1v) is 10.8. The second kappa shape index (κ2) is 7.96. The molecule has 2 aliphatic heterocycles. The molecule has 1 fully saturated rings. The van der Waals surface area contributed by atoms with Crippen LogP contribution >= 0.6 is 0 Å². The summed E-state index contributed by atoms with van der Waals surface area (Å²) in [6.45, 7) is 7.06. The van der Waals surface area contributed by atoms with E-state index in [-0.39, 0.29) is 29.4 Å². The number of carboxylic acids is 1. The van der Waals surface area contributed by atoms with Crippen molar-refractivity contribution in [3.05, 3.63) is 51.3 Å². The van der Waals surface area contributed by atoms with Gasteiger partial charge in [-0.3, -0.25) is 9.59 Å². The average molecular weight is 424 g/mol. The number of hydrogen-bond donors (Lipinski definition) is 2. The van der Waals surface area contributed by atoms with E-state index in [1.807, 2.05) is 10.6 Å². The molecule has 3 heterocycles. The molecule has 7 heteroatoms. The van der Waals surface area contributed by atoms with Crippen molar-refractivity contribution in [2.45, 2.75) is 52.2 Å². The van der Waals surface area contributed by atoms with E-state index in [0.29, 0.717) is 43.6 Å². The van der Waals surface area contributed by atoms with Gasteiger partial charge in [-0.05, 0) is 49.8 Å². The van der Waals surface area contributed by atoms with Crippen LogP contribution in [0.5, 0.6) is 0 Å². The largest absolute Gasteiger partial charge is 0.477 e. The van der Waals surface area contributed by atoms with Crippen molar-refractivity contribution in [1.29, 1.82) is 0 Å². The van der Waals surface area contributed by atoms with E-state index in [4.69, 9.17) is 0 Å². The van der Waals surface area contributed by atoms with Crippen LogP contribution in [0.25, 0.3) is 11.3 Å². The number of fused-ring (bicyclic) bond motifs is 3. The van der Waals surface area contributed by atoms with Crippen LogP contribution in [0.1, 0.15) is 65.9 Å². The molecule has 0 aliphatic carbocycles. The van der Waals surface area contributed by atoms with E-state index < -0.39 is 11.4 Å². The molecule has 2 N–H and O–H groups in total. The van der Waals surface area contributed by atoms with Gasteiger partial charge in [0.1, 0.15) is 5.56 Å². The molecule has 2 aliphatic rings. The molecule has 1 aromatic heterocycles. The summed E-state index contributed by atoms with van der Waals surface area (Å²) in [6.07, 6.45) is 3.16. The number of carbonyl (C=O) groups is 2. The van der Waals surface area contributed by atoms with Gasteiger partial charge in [-0.25, -0.2) is 4.79 Å². The number of ketones is 1. The Morgan fingerprint density at radius 2 is 1.77 bits per heavy atom. The number of aromatic carboxylic acids is 1. The van der Waals surface area contributed by atoms with Crippen LogP contribution in [-0.4, -0.2) is 45.7 Å². The number of piperidine rings is 1. The molecule has 0 saturated carbocycles. The Morgan fingerprint density at radius 3 is 2.35 bits per heavy atom. The lowest BCUT2D eigenvalue weighted by atomic mass is 9.85. The van der Waals surface area contributed by atoms with E-state index in [9.17, 15) is 24.6 Å². The Balaban J connectivity index is 1.91. The highest BCUT2D eigenvalue weighted by atomic mass is 16.4. The number of aliphatic hydroxyl groups is 1. The lowest BCUT2D eigenvalue weighted by molar-refractivity contribution is 0.0694. The zero-order valence-corrected chi connectivity index (χ0v) is 18.1. The van der Waals surface area contributed by atoms with Gasteiger partial charge in [0.25, 0.3) is 0 Å².